The van der Waals surface area contributed by atoms with Crippen LogP contribution in [0.25, 0.3) is 10.2 Å². The second-order valence-corrected chi connectivity index (χ2v) is 6.12. The number of hydrogen-bond donors (Lipinski definition) is 2. The number of benzene rings is 2. The molecule has 1 N–H and O–H groups in total. The summed E-state index contributed by atoms with van der Waals surface area (Å²) in [6.07, 6.45) is 0. The first-order chi connectivity index (χ1) is 9.61. The van der Waals surface area contributed by atoms with Crippen molar-refractivity contribution in [2.24, 2.45) is 0 Å². The van der Waals surface area contributed by atoms with Gasteiger partial charge in [-0.2, -0.15) is 0 Å². The molecule has 2 aromatic carbocycles. The topological polar surface area (TPSA) is 42.0 Å². The van der Waals surface area contributed by atoms with Gasteiger partial charge in [-0.15, -0.1) is 12.6 Å². The highest BCUT2D eigenvalue weighted by molar-refractivity contribution is 7.80. The Labute approximate surface area is 130 Å². The van der Waals surface area contributed by atoms with Crippen LogP contribution >= 0.6 is 35.6 Å². The third kappa shape index (κ3) is 2.80. The number of nitrogens with one attached hydrogen (secondary N) is 1. The van der Waals surface area contributed by atoms with E-state index in [0.717, 1.165) is 15.1 Å². The summed E-state index contributed by atoms with van der Waals surface area (Å²) in [7, 11) is 0. The summed E-state index contributed by atoms with van der Waals surface area (Å²) < 4.78 is 0.943. The van der Waals surface area contributed by atoms with Gasteiger partial charge in [-0.05, 0) is 42.5 Å². The molecule has 0 aliphatic heterocycles. The fourth-order valence-corrected chi connectivity index (χ4v) is 3.02. The Hall–Kier alpha value is -1.56. The van der Waals surface area contributed by atoms with Crippen molar-refractivity contribution < 1.29 is 4.79 Å². The smallest absolute Gasteiger partial charge is 0.257 e. The molecule has 20 heavy (non-hydrogen) atoms. The Morgan fingerprint density at radius 2 is 1.95 bits per heavy atom. The van der Waals surface area contributed by atoms with E-state index in [-0.39, 0.29) is 5.91 Å². The number of amides is 1. The molecule has 0 saturated carbocycles. The van der Waals surface area contributed by atoms with Gasteiger partial charge in [-0.3, -0.25) is 10.1 Å². The minimum absolute atomic E-state index is 0.191. The second-order valence-electron chi connectivity index (χ2n) is 4.13. The highest BCUT2D eigenvalue weighted by Gasteiger charge is 2.10. The molecular weight excluding hydrogens is 312 g/mol. The molecule has 0 fully saturated rings. The highest BCUT2D eigenvalue weighted by Crippen LogP contribution is 2.28. The van der Waals surface area contributed by atoms with E-state index in [9.17, 15) is 4.79 Å². The summed E-state index contributed by atoms with van der Waals surface area (Å²) in [6, 6.07) is 12.4. The van der Waals surface area contributed by atoms with Crippen molar-refractivity contribution in [1.29, 1.82) is 0 Å². The van der Waals surface area contributed by atoms with Gasteiger partial charge in [-0.1, -0.05) is 22.9 Å². The number of fused-ring (bicyclic) bond motifs is 1. The van der Waals surface area contributed by atoms with Crippen molar-refractivity contribution in [3.8, 4) is 0 Å². The molecule has 3 rings (SSSR count). The summed E-state index contributed by atoms with van der Waals surface area (Å²) in [6.45, 7) is 0. The molecule has 0 atom stereocenters. The zero-order chi connectivity index (χ0) is 14.1. The van der Waals surface area contributed by atoms with Crippen LogP contribution in [0, 0.1) is 0 Å². The molecule has 0 aliphatic rings. The van der Waals surface area contributed by atoms with Gasteiger partial charge < -0.3 is 0 Å². The molecule has 3 aromatic rings. The number of anilines is 1. The van der Waals surface area contributed by atoms with Crippen LogP contribution < -0.4 is 5.32 Å². The maximum atomic E-state index is 12.1. The fourth-order valence-electron chi connectivity index (χ4n) is 1.73. The number of halogens is 1. The van der Waals surface area contributed by atoms with E-state index in [0.29, 0.717) is 15.7 Å². The lowest BCUT2D eigenvalue weighted by molar-refractivity contribution is 0.102. The zero-order valence-electron chi connectivity index (χ0n) is 10.1. The van der Waals surface area contributed by atoms with Crippen molar-refractivity contribution in [3.63, 3.8) is 0 Å². The number of rotatable bonds is 2. The predicted molar refractivity (Wildman–Crippen MR) is 86.3 cm³/mol. The van der Waals surface area contributed by atoms with E-state index < -0.39 is 0 Å². The zero-order valence-corrected chi connectivity index (χ0v) is 12.6. The lowest BCUT2D eigenvalue weighted by Crippen LogP contribution is -2.11. The SMILES string of the molecule is O=C(Nc1nc2ccc(Cl)cc2s1)c1ccc(S)cc1. The Kier molecular flexibility index (Phi) is 3.65. The van der Waals surface area contributed by atoms with Gasteiger partial charge in [-0.25, -0.2) is 4.98 Å². The van der Waals surface area contributed by atoms with Crippen LogP contribution in [-0.4, -0.2) is 10.9 Å². The molecule has 6 heteroatoms. The summed E-state index contributed by atoms with van der Waals surface area (Å²) in [4.78, 5) is 17.2. The van der Waals surface area contributed by atoms with Crippen LogP contribution in [0.4, 0.5) is 5.13 Å². The largest absolute Gasteiger partial charge is 0.298 e. The molecule has 1 aromatic heterocycles. The molecule has 1 heterocycles. The molecule has 0 spiro atoms. The van der Waals surface area contributed by atoms with Gasteiger partial charge in [0, 0.05) is 15.5 Å². The van der Waals surface area contributed by atoms with Gasteiger partial charge in [0.05, 0.1) is 10.2 Å². The van der Waals surface area contributed by atoms with Crippen LogP contribution in [0.3, 0.4) is 0 Å². The maximum absolute atomic E-state index is 12.1. The van der Waals surface area contributed by atoms with Gasteiger partial charge in [0.2, 0.25) is 0 Å². The van der Waals surface area contributed by atoms with Crippen molar-refractivity contribution in [2.75, 3.05) is 5.32 Å². The predicted octanol–water partition coefficient (Wildman–Crippen LogP) is 4.49. The van der Waals surface area contributed by atoms with Crippen LogP contribution in [0.2, 0.25) is 5.02 Å². The fraction of sp³-hybridized carbons (Fsp3) is 0. The van der Waals surface area contributed by atoms with Gasteiger partial charge in [0.1, 0.15) is 0 Å². The Bertz CT molecular complexity index is 783. The molecule has 0 bridgehead atoms. The van der Waals surface area contributed by atoms with E-state index in [4.69, 9.17) is 11.6 Å². The quantitative estimate of drug-likeness (QED) is 0.683. The van der Waals surface area contributed by atoms with Gasteiger partial charge in [0.15, 0.2) is 5.13 Å². The van der Waals surface area contributed by atoms with Crippen LogP contribution in [0.1, 0.15) is 10.4 Å². The van der Waals surface area contributed by atoms with E-state index >= 15 is 0 Å². The number of hydrogen-bond acceptors (Lipinski definition) is 4. The summed E-state index contributed by atoms with van der Waals surface area (Å²) in [5.74, 6) is -0.191. The number of nitrogens with zero attached hydrogens (tertiary/aromatic N) is 1. The molecule has 1 amide bonds. The van der Waals surface area contributed by atoms with Gasteiger partial charge >= 0.3 is 0 Å². The molecule has 0 radical (unpaired) electrons. The Morgan fingerprint density at radius 3 is 2.70 bits per heavy atom. The first kappa shape index (κ1) is 13.4. The summed E-state index contributed by atoms with van der Waals surface area (Å²) in [5.41, 5.74) is 1.39. The van der Waals surface area contributed by atoms with Crippen LogP contribution in [0.5, 0.6) is 0 Å². The van der Waals surface area contributed by atoms with E-state index in [1.165, 1.54) is 11.3 Å². The summed E-state index contributed by atoms with van der Waals surface area (Å²) in [5, 5.41) is 4.00. The second kappa shape index (κ2) is 5.44. The molecule has 0 unspecified atom stereocenters. The molecule has 3 nitrogen and oxygen atoms in total. The van der Waals surface area contributed by atoms with E-state index in [1.807, 2.05) is 12.1 Å². The van der Waals surface area contributed by atoms with Crippen LogP contribution in [-0.2, 0) is 0 Å². The maximum Gasteiger partial charge on any atom is 0.257 e. The van der Waals surface area contributed by atoms with E-state index in [2.05, 4.69) is 22.9 Å². The normalized spacial score (nSPS) is 10.7. The molecule has 100 valence electrons. The number of thiol groups is 1. The Morgan fingerprint density at radius 1 is 1.20 bits per heavy atom. The van der Waals surface area contributed by atoms with E-state index in [1.54, 1.807) is 30.3 Å². The minimum Gasteiger partial charge on any atom is -0.298 e. The number of thiazole rings is 1. The minimum atomic E-state index is -0.191. The summed E-state index contributed by atoms with van der Waals surface area (Å²) >= 11 is 11.5. The average Bonchev–Trinajstić information content (AvgIpc) is 2.80. The van der Waals surface area contributed by atoms with Crippen molar-refractivity contribution in [2.45, 2.75) is 4.90 Å². The van der Waals surface area contributed by atoms with Gasteiger partial charge in [0.25, 0.3) is 5.91 Å². The Balaban J connectivity index is 1.85. The first-order valence-corrected chi connectivity index (χ1v) is 7.42. The van der Waals surface area contributed by atoms with Crippen molar-refractivity contribution in [1.82, 2.24) is 4.98 Å². The van der Waals surface area contributed by atoms with Crippen LogP contribution in [0.15, 0.2) is 47.4 Å². The lowest BCUT2D eigenvalue weighted by atomic mass is 10.2. The third-order valence-electron chi connectivity index (χ3n) is 2.70. The molecule has 0 aliphatic carbocycles. The molecule has 0 saturated heterocycles. The highest BCUT2D eigenvalue weighted by atomic mass is 35.5. The first-order valence-electron chi connectivity index (χ1n) is 5.78. The van der Waals surface area contributed by atoms with Crippen molar-refractivity contribution >= 4 is 56.8 Å². The van der Waals surface area contributed by atoms with Crippen molar-refractivity contribution in [3.05, 3.63) is 53.1 Å². The molecular formula is C14H9ClN2OS2. The number of aromatic nitrogens is 1. The standard InChI is InChI=1S/C14H9ClN2OS2/c15-9-3-6-11-12(7-9)20-14(16-11)17-13(18)8-1-4-10(19)5-2-8/h1-7,19H,(H,16,17,18). The number of carbonyl (C=O) groups is 1. The average molecular weight is 321 g/mol. The number of carbonyl (C=O) groups excluding carboxylic acids is 1. The third-order valence-corrected chi connectivity index (χ3v) is 4.17. The monoisotopic (exact) mass is 320 g/mol. The lowest BCUT2D eigenvalue weighted by Gasteiger charge is -2.01.